The average Bonchev–Trinajstić information content (AvgIpc) is 3.43. The molecule has 6 nitrogen and oxygen atoms in total. The Bertz CT molecular complexity index is 1500. The SMILES string of the molecule is CCC(=O)N1CCc2ccc(OCc3ccc(C(=O)NCc4cccc(C)c4)o3)cc2C1c1cccc(F)c1. The van der Waals surface area contributed by atoms with Crippen molar-refractivity contribution < 1.29 is 23.1 Å². The predicted molar refractivity (Wildman–Crippen MR) is 146 cm³/mol. The smallest absolute Gasteiger partial charge is 0.287 e. The molecular weight excluding hydrogens is 495 g/mol. The fourth-order valence-corrected chi connectivity index (χ4v) is 5.01. The molecule has 200 valence electrons. The van der Waals surface area contributed by atoms with E-state index in [0.29, 0.717) is 37.4 Å². The van der Waals surface area contributed by atoms with E-state index in [4.69, 9.17) is 9.15 Å². The number of amides is 2. The third kappa shape index (κ3) is 6.03. The van der Waals surface area contributed by atoms with Gasteiger partial charge in [-0.3, -0.25) is 9.59 Å². The van der Waals surface area contributed by atoms with Gasteiger partial charge in [-0.2, -0.15) is 0 Å². The van der Waals surface area contributed by atoms with Gasteiger partial charge in [0.1, 0.15) is 23.9 Å². The predicted octanol–water partition coefficient (Wildman–Crippen LogP) is 6.12. The Kier molecular flexibility index (Phi) is 7.77. The van der Waals surface area contributed by atoms with E-state index in [-0.39, 0.29) is 30.0 Å². The van der Waals surface area contributed by atoms with Gasteiger partial charge in [0.15, 0.2) is 5.76 Å². The summed E-state index contributed by atoms with van der Waals surface area (Å²) in [5.41, 5.74) is 4.89. The van der Waals surface area contributed by atoms with E-state index in [0.717, 1.165) is 27.8 Å². The Labute approximate surface area is 227 Å². The van der Waals surface area contributed by atoms with Gasteiger partial charge in [0.2, 0.25) is 5.91 Å². The molecule has 1 aliphatic heterocycles. The van der Waals surface area contributed by atoms with E-state index >= 15 is 0 Å². The first-order chi connectivity index (χ1) is 18.9. The van der Waals surface area contributed by atoms with Crippen molar-refractivity contribution >= 4 is 11.8 Å². The van der Waals surface area contributed by atoms with Crippen LogP contribution >= 0.6 is 0 Å². The molecule has 0 spiro atoms. The molecule has 1 aliphatic rings. The maximum Gasteiger partial charge on any atom is 0.287 e. The van der Waals surface area contributed by atoms with Crippen molar-refractivity contribution in [1.29, 1.82) is 0 Å². The molecule has 1 atom stereocenters. The van der Waals surface area contributed by atoms with E-state index in [9.17, 15) is 14.0 Å². The molecule has 0 saturated heterocycles. The molecule has 0 aliphatic carbocycles. The van der Waals surface area contributed by atoms with Crippen LogP contribution in [0.25, 0.3) is 0 Å². The monoisotopic (exact) mass is 526 g/mol. The second kappa shape index (κ2) is 11.6. The van der Waals surface area contributed by atoms with E-state index in [1.165, 1.54) is 12.1 Å². The van der Waals surface area contributed by atoms with Gasteiger partial charge in [0, 0.05) is 19.5 Å². The van der Waals surface area contributed by atoms with Crippen molar-refractivity contribution in [2.75, 3.05) is 6.54 Å². The highest BCUT2D eigenvalue weighted by Gasteiger charge is 2.32. The number of carbonyl (C=O) groups excluding carboxylic acids is 2. The van der Waals surface area contributed by atoms with E-state index in [2.05, 4.69) is 5.32 Å². The lowest BCUT2D eigenvalue weighted by Gasteiger charge is -2.38. The summed E-state index contributed by atoms with van der Waals surface area (Å²) in [5, 5.41) is 2.87. The zero-order valence-corrected chi connectivity index (χ0v) is 22.1. The first-order valence-corrected chi connectivity index (χ1v) is 13.1. The normalized spacial score (nSPS) is 14.5. The molecule has 7 heteroatoms. The molecule has 2 heterocycles. The van der Waals surface area contributed by atoms with Crippen LogP contribution in [-0.4, -0.2) is 23.3 Å². The fraction of sp³-hybridized carbons (Fsp3) is 0.250. The molecule has 1 unspecified atom stereocenters. The third-order valence-corrected chi connectivity index (χ3v) is 6.93. The lowest BCUT2D eigenvalue weighted by molar-refractivity contribution is -0.132. The maximum atomic E-state index is 14.1. The van der Waals surface area contributed by atoms with Gasteiger partial charge in [-0.15, -0.1) is 0 Å². The van der Waals surface area contributed by atoms with Gasteiger partial charge in [-0.05, 0) is 72.0 Å². The van der Waals surface area contributed by atoms with Crippen molar-refractivity contribution in [2.24, 2.45) is 0 Å². The standard InChI is InChI=1S/C32H31FN2O4/c1-3-30(36)35-15-14-23-10-11-26(18-28(23)31(35)24-8-5-9-25(33)17-24)38-20-27-12-13-29(39-27)32(37)34-19-22-7-4-6-21(2)16-22/h4-13,16-18,31H,3,14-15,19-20H2,1-2H3,(H,34,37). The van der Waals surface area contributed by atoms with Gasteiger partial charge >= 0.3 is 0 Å². The number of halogens is 1. The number of carbonyl (C=O) groups is 2. The maximum absolute atomic E-state index is 14.1. The van der Waals surface area contributed by atoms with E-state index in [1.807, 2.05) is 67.3 Å². The minimum absolute atomic E-state index is 0.0185. The molecule has 3 aromatic carbocycles. The largest absolute Gasteiger partial charge is 0.486 e. The molecule has 39 heavy (non-hydrogen) atoms. The highest BCUT2D eigenvalue weighted by Crippen LogP contribution is 2.38. The summed E-state index contributed by atoms with van der Waals surface area (Å²) in [6.07, 6.45) is 1.09. The van der Waals surface area contributed by atoms with Crippen LogP contribution in [0.3, 0.4) is 0 Å². The first kappa shape index (κ1) is 26.2. The van der Waals surface area contributed by atoms with Crippen LogP contribution in [0, 0.1) is 12.7 Å². The number of benzene rings is 3. The van der Waals surface area contributed by atoms with Gasteiger partial charge < -0.3 is 19.4 Å². The minimum Gasteiger partial charge on any atom is -0.486 e. The van der Waals surface area contributed by atoms with Gasteiger partial charge in [-0.25, -0.2) is 4.39 Å². The third-order valence-electron chi connectivity index (χ3n) is 6.93. The number of ether oxygens (including phenoxy) is 1. The van der Waals surface area contributed by atoms with Crippen molar-refractivity contribution in [2.45, 2.75) is 45.9 Å². The summed E-state index contributed by atoms with van der Waals surface area (Å²) >= 11 is 0. The highest BCUT2D eigenvalue weighted by molar-refractivity contribution is 5.91. The Hall–Kier alpha value is -4.39. The summed E-state index contributed by atoms with van der Waals surface area (Å²) < 4.78 is 25.9. The van der Waals surface area contributed by atoms with Crippen molar-refractivity contribution in [1.82, 2.24) is 10.2 Å². The molecule has 4 aromatic rings. The number of nitrogens with zero attached hydrogens (tertiary/aromatic N) is 1. The molecule has 2 amide bonds. The van der Waals surface area contributed by atoms with Crippen LogP contribution in [0.5, 0.6) is 5.75 Å². The topological polar surface area (TPSA) is 71.8 Å². The second-order valence-electron chi connectivity index (χ2n) is 9.74. The summed E-state index contributed by atoms with van der Waals surface area (Å²) in [4.78, 5) is 27.2. The Morgan fingerprint density at radius 2 is 1.90 bits per heavy atom. The number of rotatable bonds is 8. The second-order valence-corrected chi connectivity index (χ2v) is 9.74. The molecule has 0 saturated carbocycles. The number of furan rings is 1. The van der Waals surface area contributed by atoms with Crippen molar-refractivity contribution in [3.05, 3.63) is 124 Å². The fourth-order valence-electron chi connectivity index (χ4n) is 5.01. The van der Waals surface area contributed by atoms with Crippen LogP contribution in [0.2, 0.25) is 0 Å². The molecule has 1 aromatic heterocycles. The highest BCUT2D eigenvalue weighted by atomic mass is 19.1. The minimum atomic E-state index is -0.396. The Morgan fingerprint density at radius 3 is 2.69 bits per heavy atom. The Balaban J connectivity index is 1.29. The summed E-state index contributed by atoms with van der Waals surface area (Å²) in [5.74, 6) is 0.708. The van der Waals surface area contributed by atoms with Gasteiger partial charge in [0.25, 0.3) is 5.91 Å². The molecule has 0 radical (unpaired) electrons. The van der Waals surface area contributed by atoms with Crippen LogP contribution in [-0.2, 0) is 24.4 Å². The lowest BCUT2D eigenvalue weighted by Crippen LogP contribution is -2.40. The number of hydrogen-bond donors (Lipinski definition) is 1. The quantitative estimate of drug-likeness (QED) is 0.300. The first-order valence-electron chi connectivity index (χ1n) is 13.1. The van der Waals surface area contributed by atoms with Crippen LogP contribution in [0.15, 0.2) is 83.3 Å². The van der Waals surface area contributed by atoms with Crippen LogP contribution < -0.4 is 10.1 Å². The van der Waals surface area contributed by atoms with Crippen molar-refractivity contribution in [3.8, 4) is 5.75 Å². The van der Waals surface area contributed by atoms with Crippen LogP contribution in [0.4, 0.5) is 4.39 Å². The molecule has 0 bridgehead atoms. The van der Waals surface area contributed by atoms with E-state index < -0.39 is 6.04 Å². The number of fused-ring (bicyclic) bond motifs is 1. The number of aryl methyl sites for hydroxylation is 1. The average molecular weight is 527 g/mol. The summed E-state index contributed by atoms with van der Waals surface area (Å²) in [6, 6.07) is 23.1. The van der Waals surface area contributed by atoms with E-state index in [1.54, 1.807) is 18.2 Å². The zero-order valence-electron chi connectivity index (χ0n) is 22.1. The van der Waals surface area contributed by atoms with Crippen LogP contribution in [0.1, 0.15) is 63.5 Å². The molecular formula is C32H31FN2O4. The number of nitrogens with one attached hydrogen (secondary N) is 1. The zero-order chi connectivity index (χ0) is 27.4. The molecule has 5 rings (SSSR count). The number of hydrogen-bond acceptors (Lipinski definition) is 4. The molecule has 1 N–H and O–H groups in total. The Morgan fingerprint density at radius 1 is 1.05 bits per heavy atom. The van der Waals surface area contributed by atoms with Crippen molar-refractivity contribution in [3.63, 3.8) is 0 Å². The lowest BCUT2D eigenvalue weighted by atomic mass is 9.87. The summed E-state index contributed by atoms with van der Waals surface area (Å²) in [6.45, 7) is 4.95. The summed E-state index contributed by atoms with van der Waals surface area (Å²) in [7, 11) is 0. The molecule has 0 fully saturated rings. The van der Waals surface area contributed by atoms with Gasteiger partial charge in [-0.1, -0.05) is 55.0 Å². The van der Waals surface area contributed by atoms with Gasteiger partial charge in [0.05, 0.1) is 6.04 Å².